The van der Waals surface area contributed by atoms with E-state index in [4.69, 9.17) is 11.2 Å². The molecule has 1 saturated heterocycles. The third-order valence-corrected chi connectivity index (χ3v) is 7.64. The van der Waals surface area contributed by atoms with Gasteiger partial charge in [-0.3, -0.25) is 14.9 Å². The van der Waals surface area contributed by atoms with E-state index in [9.17, 15) is 18.4 Å². The average molecular weight is 451 g/mol. The van der Waals surface area contributed by atoms with Crippen LogP contribution in [0.5, 0.6) is 11.5 Å². The molecule has 1 heterocycles. The minimum absolute atomic E-state index is 0. The van der Waals surface area contributed by atoms with Crippen LogP contribution in [0.25, 0.3) is 0 Å². The molecule has 2 aromatic carbocycles. The first-order valence-corrected chi connectivity index (χ1v) is 10.6. The Morgan fingerprint density at radius 1 is 1.10 bits per heavy atom. The maximum atomic E-state index is 13.4. The lowest BCUT2D eigenvalue weighted by Gasteiger charge is -2.38. The highest BCUT2D eigenvalue weighted by Crippen LogP contribution is 2.36. The molecule has 0 saturated carbocycles. The number of carbonyl (C=O) groups excluding carboxylic acids is 1. The number of nitrogens with zero attached hydrogens (tertiary/aromatic N) is 1. The Kier molecular flexibility index (Phi) is 7.87. The summed E-state index contributed by atoms with van der Waals surface area (Å²) in [5, 5.41) is 9.21. The van der Waals surface area contributed by atoms with E-state index in [2.05, 4.69) is 5.92 Å². The van der Waals surface area contributed by atoms with Crippen LogP contribution >= 0.6 is 12.4 Å². The minimum Gasteiger partial charge on any atom is -0.457 e. The molecule has 160 valence electrons. The number of carbonyl (C=O) groups is 1. The molecule has 30 heavy (non-hydrogen) atoms. The molecular weight excluding hydrogens is 428 g/mol. The van der Waals surface area contributed by atoms with Crippen molar-refractivity contribution in [2.45, 2.75) is 22.5 Å². The Morgan fingerprint density at radius 3 is 2.20 bits per heavy atom. The summed E-state index contributed by atoms with van der Waals surface area (Å²) in [7, 11) is -4.07. The van der Waals surface area contributed by atoms with Gasteiger partial charge in [-0.2, -0.15) is 0 Å². The van der Waals surface area contributed by atoms with Gasteiger partial charge in [-0.15, -0.1) is 18.8 Å². The van der Waals surface area contributed by atoms with Crippen molar-refractivity contribution < 1.29 is 23.2 Å². The van der Waals surface area contributed by atoms with Gasteiger partial charge in [0, 0.05) is 13.1 Å². The van der Waals surface area contributed by atoms with E-state index in [-0.39, 0.29) is 30.1 Å². The number of benzene rings is 2. The number of piperidine rings is 1. The van der Waals surface area contributed by atoms with Gasteiger partial charge < -0.3 is 4.74 Å². The first kappa shape index (κ1) is 23.7. The fraction of sp³-hybridized carbons (Fsp3) is 0.286. The predicted octanol–water partition coefficient (Wildman–Crippen LogP) is 2.65. The highest BCUT2D eigenvalue weighted by molar-refractivity contribution is 7.93. The Bertz CT molecular complexity index is 996. The second-order valence-corrected chi connectivity index (χ2v) is 9.07. The Labute approximate surface area is 182 Å². The molecule has 7 nitrogen and oxygen atoms in total. The molecule has 0 unspecified atom stereocenters. The number of halogens is 1. The third kappa shape index (κ3) is 4.60. The van der Waals surface area contributed by atoms with Gasteiger partial charge in [-0.1, -0.05) is 24.1 Å². The second kappa shape index (κ2) is 9.96. The first-order valence-electron chi connectivity index (χ1n) is 9.11. The zero-order valence-electron chi connectivity index (χ0n) is 16.2. The van der Waals surface area contributed by atoms with Crippen molar-refractivity contribution in [2.24, 2.45) is 0 Å². The summed E-state index contributed by atoms with van der Waals surface area (Å²) >= 11 is 0. The molecule has 0 aliphatic carbocycles. The number of sulfone groups is 1. The SMILES string of the molecule is C#CCN1CCC(C(=O)NO)(S(=O)(=O)c2ccc(Oc3ccccc3)cc2)CC1.Cl. The third-order valence-electron chi connectivity index (χ3n) is 5.12. The number of rotatable bonds is 6. The van der Waals surface area contributed by atoms with Crippen LogP contribution in [0.4, 0.5) is 0 Å². The minimum atomic E-state index is -4.07. The van der Waals surface area contributed by atoms with Gasteiger partial charge in [0.05, 0.1) is 11.4 Å². The van der Waals surface area contributed by atoms with Crippen molar-refractivity contribution in [3.05, 3.63) is 54.6 Å². The van der Waals surface area contributed by atoms with Crippen LogP contribution in [0, 0.1) is 12.3 Å². The van der Waals surface area contributed by atoms with Crippen molar-refractivity contribution in [2.75, 3.05) is 19.6 Å². The molecule has 0 atom stereocenters. The van der Waals surface area contributed by atoms with Gasteiger partial charge in [0.1, 0.15) is 11.5 Å². The lowest BCUT2D eigenvalue weighted by molar-refractivity contribution is -0.133. The fourth-order valence-corrected chi connectivity index (χ4v) is 5.41. The highest BCUT2D eigenvalue weighted by Gasteiger charge is 2.52. The largest absolute Gasteiger partial charge is 0.457 e. The van der Waals surface area contributed by atoms with E-state index in [1.807, 2.05) is 23.1 Å². The summed E-state index contributed by atoms with van der Waals surface area (Å²) in [5.74, 6) is 2.69. The van der Waals surface area contributed by atoms with Gasteiger partial charge in [-0.25, -0.2) is 13.9 Å². The lowest BCUT2D eigenvalue weighted by Crippen LogP contribution is -2.57. The van der Waals surface area contributed by atoms with E-state index in [0.717, 1.165) is 0 Å². The lowest BCUT2D eigenvalue weighted by atomic mass is 9.95. The van der Waals surface area contributed by atoms with Crippen molar-refractivity contribution in [1.29, 1.82) is 0 Å². The molecule has 0 radical (unpaired) electrons. The number of amides is 1. The number of para-hydroxylation sites is 1. The highest BCUT2D eigenvalue weighted by atomic mass is 35.5. The van der Waals surface area contributed by atoms with Gasteiger partial charge in [0.15, 0.2) is 14.6 Å². The molecule has 1 fully saturated rings. The van der Waals surface area contributed by atoms with Crippen LogP contribution in [0.1, 0.15) is 12.8 Å². The standard InChI is InChI=1S/C21H22N2O5S.ClH/c1-2-14-23-15-12-21(13-16-23,20(24)22-25)29(26,27)19-10-8-18(9-11-19)28-17-6-4-3-5-7-17;/h1,3-11,25H,12-16H2,(H,22,24);1H. The molecule has 2 aromatic rings. The molecule has 1 aliphatic heterocycles. The maximum Gasteiger partial charge on any atom is 0.265 e. The normalized spacial score (nSPS) is 16.0. The van der Waals surface area contributed by atoms with Gasteiger partial charge in [-0.05, 0) is 49.2 Å². The molecule has 1 amide bonds. The summed E-state index contributed by atoms with van der Waals surface area (Å²) in [6.07, 6.45) is 5.38. The van der Waals surface area contributed by atoms with Crippen LogP contribution in [0.2, 0.25) is 0 Å². The van der Waals surface area contributed by atoms with E-state index in [1.54, 1.807) is 17.6 Å². The Hall–Kier alpha value is -2.57. The predicted molar refractivity (Wildman–Crippen MR) is 115 cm³/mol. The number of ether oxygens (including phenoxy) is 1. The summed E-state index contributed by atoms with van der Waals surface area (Å²) in [5.41, 5.74) is 1.54. The Balaban J connectivity index is 0.00000320. The number of hydroxylamine groups is 1. The summed E-state index contributed by atoms with van der Waals surface area (Å²) in [4.78, 5) is 14.3. The second-order valence-electron chi connectivity index (χ2n) is 6.81. The maximum absolute atomic E-state index is 13.4. The number of hydrogen-bond donors (Lipinski definition) is 2. The number of nitrogens with one attached hydrogen (secondary N) is 1. The van der Waals surface area contributed by atoms with E-state index in [1.165, 1.54) is 24.3 Å². The molecule has 3 rings (SSSR count). The number of terminal acetylenes is 1. The van der Waals surface area contributed by atoms with Crippen molar-refractivity contribution in [3.63, 3.8) is 0 Å². The van der Waals surface area contributed by atoms with Crippen molar-refractivity contribution in [1.82, 2.24) is 10.4 Å². The Morgan fingerprint density at radius 2 is 1.67 bits per heavy atom. The molecule has 0 aromatic heterocycles. The molecule has 0 bridgehead atoms. The first-order chi connectivity index (χ1) is 13.9. The van der Waals surface area contributed by atoms with Gasteiger partial charge in [0.25, 0.3) is 5.91 Å². The molecule has 2 N–H and O–H groups in total. The van der Waals surface area contributed by atoms with Crippen molar-refractivity contribution in [3.8, 4) is 23.8 Å². The van der Waals surface area contributed by atoms with Crippen LogP contribution in [0.3, 0.4) is 0 Å². The zero-order chi connectivity index (χ0) is 20.9. The summed E-state index contributed by atoms with van der Waals surface area (Å²) < 4.78 is 30.7. The molecular formula is C21H23ClN2O5S. The number of likely N-dealkylation sites (tertiary alicyclic amines) is 1. The van der Waals surface area contributed by atoms with Crippen LogP contribution in [0.15, 0.2) is 59.5 Å². The van der Waals surface area contributed by atoms with Crippen LogP contribution in [-0.2, 0) is 14.6 Å². The molecule has 1 aliphatic rings. The van der Waals surface area contributed by atoms with Crippen LogP contribution < -0.4 is 10.2 Å². The van der Waals surface area contributed by atoms with Gasteiger partial charge >= 0.3 is 0 Å². The quantitative estimate of drug-likeness (QED) is 0.399. The topological polar surface area (TPSA) is 95.9 Å². The molecule has 0 spiro atoms. The summed E-state index contributed by atoms with van der Waals surface area (Å²) in [6, 6.07) is 15.0. The number of hydrogen-bond acceptors (Lipinski definition) is 6. The summed E-state index contributed by atoms with van der Waals surface area (Å²) in [6.45, 7) is 1.06. The zero-order valence-corrected chi connectivity index (χ0v) is 17.8. The fourth-order valence-electron chi connectivity index (χ4n) is 3.46. The smallest absolute Gasteiger partial charge is 0.265 e. The monoisotopic (exact) mass is 450 g/mol. The van der Waals surface area contributed by atoms with E-state index >= 15 is 0 Å². The average Bonchev–Trinajstić information content (AvgIpc) is 2.75. The van der Waals surface area contributed by atoms with Gasteiger partial charge in [0.2, 0.25) is 0 Å². The van der Waals surface area contributed by atoms with Crippen molar-refractivity contribution >= 4 is 28.2 Å². The van der Waals surface area contributed by atoms with Crippen LogP contribution in [-0.4, -0.2) is 48.8 Å². The van der Waals surface area contributed by atoms with E-state index < -0.39 is 20.5 Å². The molecule has 9 heteroatoms. The van der Waals surface area contributed by atoms with E-state index in [0.29, 0.717) is 31.1 Å².